The third-order valence-electron chi connectivity index (χ3n) is 3.72. The van der Waals surface area contributed by atoms with E-state index in [-0.39, 0.29) is 23.8 Å². The summed E-state index contributed by atoms with van der Waals surface area (Å²) >= 11 is 1.91. The first-order valence-electron chi connectivity index (χ1n) is 6.27. The molecule has 4 nitrogen and oxygen atoms in total. The Morgan fingerprint density at radius 3 is 2.35 bits per heavy atom. The molecule has 2 aliphatic rings. The van der Waals surface area contributed by atoms with Crippen molar-refractivity contribution in [2.75, 3.05) is 11.5 Å². The maximum Gasteiger partial charge on any atom is 0.306 e. The van der Waals surface area contributed by atoms with Crippen LogP contribution in [0.4, 0.5) is 0 Å². The van der Waals surface area contributed by atoms with Gasteiger partial charge in [0.25, 0.3) is 0 Å². The van der Waals surface area contributed by atoms with Gasteiger partial charge in [-0.1, -0.05) is 0 Å². The lowest BCUT2D eigenvalue weighted by atomic mass is 10.0. The van der Waals surface area contributed by atoms with E-state index in [4.69, 9.17) is 5.11 Å². The van der Waals surface area contributed by atoms with Crippen LogP contribution in [-0.4, -0.2) is 34.5 Å². The fraction of sp³-hybridized carbons (Fsp3) is 0.833. The lowest BCUT2D eigenvalue weighted by molar-refractivity contribution is -0.141. The highest BCUT2D eigenvalue weighted by molar-refractivity contribution is 7.99. The lowest BCUT2D eigenvalue weighted by Gasteiger charge is -2.22. The average molecular weight is 257 g/mol. The van der Waals surface area contributed by atoms with Crippen molar-refractivity contribution in [1.29, 1.82) is 0 Å². The van der Waals surface area contributed by atoms with E-state index in [9.17, 15) is 9.59 Å². The molecule has 1 heterocycles. The molecule has 0 aromatic heterocycles. The molecule has 1 aliphatic heterocycles. The van der Waals surface area contributed by atoms with Gasteiger partial charge >= 0.3 is 5.97 Å². The SMILES string of the molecule is O=C(N[C@@H]1CC[C@H](C(=O)O)C1)C1CCSCC1. The Morgan fingerprint density at radius 2 is 1.76 bits per heavy atom. The van der Waals surface area contributed by atoms with E-state index in [0.717, 1.165) is 30.8 Å². The molecule has 0 spiro atoms. The second-order valence-electron chi connectivity index (χ2n) is 4.94. The van der Waals surface area contributed by atoms with Crippen LogP contribution < -0.4 is 5.32 Å². The highest BCUT2D eigenvalue weighted by atomic mass is 32.2. The first kappa shape index (κ1) is 12.7. The van der Waals surface area contributed by atoms with Gasteiger partial charge in [-0.2, -0.15) is 11.8 Å². The molecule has 1 saturated heterocycles. The summed E-state index contributed by atoms with van der Waals surface area (Å²) in [7, 11) is 0. The number of carbonyl (C=O) groups is 2. The Labute approximate surface area is 106 Å². The molecule has 17 heavy (non-hydrogen) atoms. The molecule has 2 N–H and O–H groups in total. The number of thioether (sulfide) groups is 1. The minimum Gasteiger partial charge on any atom is -0.481 e. The van der Waals surface area contributed by atoms with Gasteiger partial charge in [0.2, 0.25) is 5.91 Å². The molecule has 1 aliphatic carbocycles. The maximum absolute atomic E-state index is 12.0. The van der Waals surface area contributed by atoms with Crippen LogP contribution >= 0.6 is 11.8 Å². The zero-order valence-corrected chi connectivity index (χ0v) is 10.7. The highest BCUT2D eigenvalue weighted by Gasteiger charge is 2.32. The van der Waals surface area contributed by atoms with Crippen molar-refractivity contribution in [1.82, 2.24) is 5.32 Å². The van der Waals surface area contributed by atoms with Crippen LogP contribution in [0.1, 0.15) is 32.1 Å². The number of nitrogens with one attached hydrogen (secondary N) is 1. The van der Waals surface area contributed by atoms with Gasteiger partial charge in [0, 0.05) is 12.0 Å². The smallest absolute Gasteiger partial charge is 0.306 e. The van der Waals surface area contributed by atoms with E-state index in [1.165, 1.54) is 0 Å². The number of carbonyl (C=O) groups excluding carboxylic acids is 1. The molecular weight excluding hydrogens is 238 g/mol. The summed E-state index contributed by atoms with van der Waals surface area (Å²) in [4.78, 5) is 22.8. The molecule has 2 rings (SSSR count). The highest BCUT2D eigenvalue weighted by Crippen LogP contribution is 2.27. The molecule has 0 bridgehead atoms. The Bertz CT molecular complexity index is 302. The van der Waals surface area contributed by atoms with E-state index in [1.807, 2.05) is 11.8 Å². The number of rotatable bonds is 3. The first-order chi connectivity index (χ1) is 8.16. The van der Waals surface area contributed by atoms with E-state index in [2.05, 4.69) is 5.32 Å². The van der Waals surface area contributed by atoms with E-state index in [0.29, 0.717) is 12.8 Å². The van der Waals surface area contributed by atoms with E-state index in [1.54, 1.807) is 0 Å². The minimum absolute atomic E-state index is 0.0816. The summed E-state index contributed by atoms with van der Waals surface area (Å²) in [5, 5.41) is 11.9. The number of hydrogen-bond acceptors (Lipinski definition) is 3. The summed E-state index contributed by atoms with van der Waals surface area (Å²) in [5.41, 5.74) is 0. The molecule has 0 unspecified atom stereocenters. The zero-order valence-electron chi connectivity index (χ0n) is 9.85. The largest absolute Gasteiger partial charge is 0.481 e. The van der Waals surface area contributed by atoms with Gasteiger partial charge in [-0.25, -0.2) is 0 Å². The van der Waals surface area contributed by atoms with E-state index < -0.39 is 5.97 Å². The number of carboxylic acids is 1. The molecule has 96 valence electrons. The standard InChI is InChI=1S/C12H19NO3S/c14-11(8-3-5-17-6-4-8)13-10-2-1-9(7-10)12(15)16/h8-10H,1-7H2,(H,13,14)(H,15,16)/t9-,10+/m0/s1. The predicted octanol–water partition coefficient (Wildman–Crippen LogP) is 1.50. The van der Waals surface area contributed by atoms with Crippen LogP contribution in [0, 0.1) is 11.8 Å². The lowest BCUT2D eigenvalue weighted by Crippen LogP contribution is -2.39. The van der Waals surface area contributed by atoms with Gasteiger partial charge in [0.15, 0.2) is 0 Å². The normalized spacial score (nSPS) is 30.1. The van der Waals surface area contributed by atoms with Crippen LogP contribution in [0.5, 0.6) is 0 Å². The van der Waals surface area contributed by atoms with E-state index >= 15 is 0 Å². The maximum atomic E-state index is 12.0. The van der Waals surface area contributed by atoms with Gasteiger partial charge in [-0.3, -0.25) is 9.59 Å². The van der Waals surface area contributed by atoms with Gasteiger partial charge in [0.1, 0.15) is 0 Å². The molecule has 1 saturated carbocycles. The fourth-order valence-corrected chi connectivity index (χ4v) is 3.72. The monoisotopic (exact) mass is 257 g/mol. The second kappa shape index (κ2) is 5.76. The summed E-state index contributed by atoms with van der Waals surface area (Å²) in [6, 6.07) is 0.0816. The minimum atomic E-state index is -0.726. The number of hydrogen-bond donors (Lipinski definition) is 2. The Hall–Kier alpha value is -0.710. The van der Waals surface area contributed by atoms with Crippen LogP contribution in [0.3, 0.4) is 0 Å². The topological polar surface area (TPSA) is 66.4 Å². The molecule has 2 fully saturated rings. The molecule has 0 aromatic rings. The van der Waals surface area contributed by atoms with Crippen molar-refractivity contribution >= 4 is 23.6 Å². The van der Waals surface area contributed by atoms with Crippen molar-refractivity contribution in [2.24, 2.45) is 11.8 Å². The Kier molecular flexibility index (Phi) is 4.31. The third-order valence-corrected chi connectivity index (χ3v) is 4.77. The fourth-order valence-electron chi connectivity index (χ4n) is 2.62. The van der Waals surface area contributed by atoms with Crippen LogP contribution in [0.2, 0.25) is 0 Å². The molecule has 2 atom stereocenters. The Balaban J connectivity index is 1.77. The van der Waals surface area contributed by atoms with Gasteiger partial charge < -0.3 is 10.4 Å². The van der Waals surface area contributed by atoms with Gasteiger partial charge in [-0.05, 0) is 43.6 Å². The second-order valence-corrected chi connectivity index (χ2v) is 6.17. The van der Waals surface area contributed by atoms with Crippen LogP contribution in [0.25, 0.3) is 0 Å². The third kappa shape index (κ3) is 3.37. The molecule has 0 aromatic carbocycles. The van der Waals surface area contributed by atoms with Crippen molar-refractivity contribution in [3.63, 3.8) is 0 Å². The quantitative estimate of drug-likeness (QED) is 0.804. The summed E-state index contributed by atoms with van der Waals surface area (Å²) in [6.45, 7) is 0. The van der Waals surface area contributed by atoms with Gasteiger partial charge in [-0.15, -0.1) is 0 Å². The molecule has 0 radical (unpaired) electrons. The van der Waals surface area contributed by atoms with Crippen molar-refractivity contribution in [3.05, 3.63) is 0 Å². The van der Waals surface area contributed by atoms with Crippen molar-refractivity contribution < 1.29 is 14.7 Å². The van der Waals surface area contributed by atoms with Crippen LogP contribution in [0.15, 0.2) is 0 Å². The molecule has 1 amide bonds. The van der Waals surface area contributed by atoms with Crippen molar-refractivity contribution in [3.8, 4) is 0 Å². The average Bonchev–Trinajstić information content (AvgIpc) is 2.79. The summed E-state index contributed by atoms with van der Waals surface area (Å²) in [6.07, 6.45) is 4.03. The molecular formula is C12H19NO3S. The summed E-state index contributed by atoms with van der Waals surface area (Å²) in [5.74, 6) is 1.44. The van der Waals surface area contributed by atoms with Crippen LogP contribution in [-0.2, 0) is 9.59 Å². The number of amides is 1. The summed E-state index contributed by atoms with van der Waals surface area (Å²) < 4.78 is 0. The number of carboxylic acid groups (broad SMARTS) is 1. The van der Waals surface area contributed by atoms with Gasteiger partial charge in [0.05, 0.1) is 5.92 Å². The predicted molar refractivity (Wildman–Crippen MR) is 67.0 cm³/mol. The number of aliphatic carboxylic acids is 1. The molecule has 5 heteroatoms. The zero-order chi connectivity index (χ0) is 12.3. The van der Waals surface area contributed by atoms with Crippen molar-refractivity contribution in [2.45, 2.75) is 38.1 Å². The first-order valence-corrected chi connectivity index (χ1v) is 7.43. The Morgan fingerprint density at radius 1 is 1.06 bits per heavy atom.